The van der Waals surface area contributed by atoms with Crippen LogP contribution in [0.5, 0.6) is 0 Å². The molecule has 2 aliphatic rings. The second kappa shape index (κ2) is 11.1. The number of fused-ring (bicyclic) bond motifs is 4. The summed E-state index contributed by atoms with van der Waals surface area (Å²) in [5, 5.41) is 0.930. The zero-order valence-electron chi connectivity index (χ0n) is 26.4. The lowest BCUT2D eigenvalue weighted by molar-refractivity contribution is 0.198. The van der Waals surface area contributed by atoms with Gasteiger partial charge in [0, 0.05) is 41.8 Å². The first kappa shape index (κ1) is 30.6. The first-order valence-electron chi connectivity index (χ1n) is 15.4. The van der Waals surface area contributed by atoms with E-state index >= 15 is 0 Å². The van der Waals surface area contributed by atoms with E-state index in [0.29, 0.717) is 6.54 Å². The van der Waals surface area contributed by atoms with E-state index < -0.39 is 25.6 Å². The van der Waals surface area contributed by atoms with E-state index in [2.05, 4.69) is 28.8 Å². The Labute approximate surface area is 271 Å². The van der Waals surface area contributed by atoms with Gasteiger partial charge in [0.2, 0.25) is 20.0 Å². The molecule has 4 aromatic carbocycles. The van der Waals surface area contributed by atoms with Crippen molar-refractivity contribution >= 4 is 30.9 Å². The molecule has 0 aliphatic carbocycles. The second-order valence-corrected chi connectivity index (χ2v) is 16.5. The monoisotopic (exact) mass is 651 g/mol. The first-order valence-corrected chi connectivity index (χ1v) is 18.3. The van der Waals surface area contributed by atoms with Crippen molar-refractivity contribution in [2.75, 3.05) is 13.1 Å². The molecule has 1 aromatic heterocycles. The highest BCUT2D eigenvalue weighted by atomic mass is 32.2. The van der Waals surface area contributed by atoms with Crippen LogP contribution in [-0.4, -0.2) is 43.1 Å². The molecular weight excluding hydrogens is 615 g/mol. The highest BCUT2D eigenvalue weighted by Crippen LogP contribution is 2.50. The van der Waals surface area contributed by atoms with Gasteiger partial charge in [-0.25, -0.2) is 16.8 Å². The Balaban J connectivity index is 1.52. The van der Waals surface area contributed by atoms with Crippen molar-refractivity contribution in [1.82, 2.24) is 13.2 Å². The Bertz CT molecular complexity index is 2220. The lowest BCUT2D eigenvalue weighted by Crippen LogP contribution is -2.56. The Morgan fingerprint density at radius 1 is 0.674 bits per heavy atom. The van der Waals surface area contributed by atoms with Gasteiger partial charge in [-0.2, -0.15) is 8.61 Å². The van der Waals surface area contributed by atoms with Crippen LogP contribution in [0.4, 0.5) is 0 Å². The van der Waals surface area contributed by atoms with Gasteiger partial charge >= 0.3 is 0 Å². The number of rotatable bonds is 6. The third-order valence-electron chi connectivity index (χ3n) is 9.28. The van der Waals surface area contributed by atoms with E-state index in [-0.39, 0.29) is 29.4 Å². The van der Waals surface area contributed by atoms with Crippen molar-refractivity contribution in [2.24, 2.45) is 0 Å². The third kappa shape index (κ3) is 4.93. The molecule has 0 saturated carbocycles. The Morgan fingerprint density at radius 3 is 1.89 bits per heavy atom. The molecule has 5 aromatic rings. The zero-order valence-corrected chi connectivity index (χ0v) is 28.1. The van der Waals surface area contributed by atoms with E-state index in [1.807, 2.05) is 58.0 Å². The van der Waals surface area contributed by atoms with Crippen molar-refractivity contribution in [2.45, 2.75) is 56.1 Å². The van der Waals surface area contributed by atoms with Gasteiger partial charge in [0.25, 0.3) is 0 Å². The molecule has 1 spiro atoms. The molecule has 0 radical (unpaired) electrons. The molecule has 0 amide bonds. The van der Waals surface area contributed by atoms with E-state index in [4.69, 9.17) is 0 Å². The molecule has 0 N–H and O–H groups in total. The highest BCUT2D eigenvalue weighted by Gasteiger charge is 2.55. The van der Waals surface area contributed by atoms with Crippen LogP contribution in [0.3, 0.4) is 0 Å². The summed E-state index contributed by atoms with van der Waals surface area (Å²) in [5.74, 6) is 0. The van der Waals surface area contributed by atoms with Gasteiger partial charge in [0.1, 0.15) is 0 Å². The SMILES string of the molecule is CC1=CC2(CN(S(=O)(=O)c3ccc(C)cc3)Cc3c2c2ccc(C)cc2n3Cc2ccccc2)N(S(=O)(=O)c2ccc(C)cc2)C1. The zero-order chi connectivity index (χ0) is 32.4. The number of hydrogen-bond donors (Lipinski definition) is 0. The van der Waals surface area contributed by atoms with Gasteiger partial charge in [-0.15, -0.1) is 0 Å². The summed E-state index contributed by atoms with van der Waals surface area (Å²) >= 11 is 0. The van der Waals surface area contributed by atoms with Gasteiger partial charge in [0.05, 0.1) is 21.9 Å². The molecule has 0 bridgehead atoms. The fourth-order valence-corrected chi connectivity index (χ4v) is 10.2. The van der Waals surface area contributed by atoms with Crippen molar-refractivity contribution < 1.29 is 16.8 Å². The predicted molar refractivity (Wildman–Crippen MR) is 181 cm³/mol. The largest absolute Gasteiger partial charge is 0.338 e. The predicted octanol–water partition coefficient (Wildman–Crippen LogP) is 6.67. The highest BCUT2D eigenvalue weighted by molar-refractivity contribution is 7.89. The second-order valence-electron chi connectivity index (χ2n) is 12.7. The van der Waals surface area contributed by atoms with Crippen LogP contribution in [-0.2, 0) is 38.7 Å². The number of benzene rings is 4. The smallest absolute Gasteiger partial charge is 0.244 e. The molecule has 1 atom stereocenters. The molecule has 9 heteroatoms. The molecule has 7 nitrogen and oxygen atoms in total. The summed E-state index contributed by atoms with van der Waals surface area (Å²) in [5.41, 5.74) is 6.24. The number of sulfonamides is 2. The standard InChI is InChI=1S/C37H37N3O4S2/c1-26-10-15-31(16-11-26)45(41,42)38-24-35-36(33-19-14-28(3)20-34(33)39(35)23-30-8-6-5-7-9-30)37(25-38)21-29(4)22-40(37)46(43,44)32-17-12-27(2)13-18-32/h5-21H,22-25H2,1-4H3. The maximum absolute atomic E-state index is 14.6. The number of nitrogens with zero attached hydrogens (tertiary/aromatic N) is 3. The quantitative estimate of drug-likeness (QED) is 0.192. The summed E-state index contributed by atoms with van der Waals surface area (Å²) in [6.45, 7) is 8.54. The van der Waals surface area contributed by atoms with Gasteiger partial charge in [-0.1, -0.05) is 89.5 Å². The van der Waals surface area contributed by atoms with Crippen LogP contribution in [0.15, 0.2) is 119 Å². The maximum Gasteiger partial charge on any atom is 0.244 e. The van der Waals surface area contributed by atoms with Gasteiger partial charge in [-0.3, -0.25) is 0 Å². The van der Waals surface area contributed by atoms with Crippen molar-refractivity contribution in [3.8, 4) is 0 Å². The molecule has 3 heterocycles. The van der Waals surface area contributed by atoms with Crippen molar-refractivity contribution in [3.63, 3.8) is 0 Å². The maximum atomic E-state index is 14.6. The van der Waals surface area contributed by atoms with E-state index in [9.17, 15) is 16.8 Å². The topological polar surface area (TPSA) is 79.7 Å². The van der Waals surface area contributed by atoms with E-state index in [1.54, 1.807) is 48.5 Å². The van der Waals surface area contributed by atoms with Crippen LogP contribution >= 0.6 is 0 Å². The summed E-state index contributed by atoms with van der Waals surface area (Å²) in [7, 11) is -8.06. The number of aryl methyl sites for hydroxylation is 3. The molecule has 0 fully saturated rings. The molecule has 1 unspecified atom stereocenters. The van der Waals surface area contributed by atoms with Crippen LogP contribution in [0, 0.1) is 20.8 Å². The Hall–Kier alpha value is -4.02. The summed E-state index contributed by atoms with van der Waals surface area (Å²) < 4.78 is 63.4. The summed E-state index contributed by atoms with van der Waals surface area (Å²) in [4.78, 5) is 0.370. The molecule has 236 valence electrons. The Kier molecular flexibility index (Phi) is 7.36. The minimum absolute atomic E-state index is 0.0447. The lowest BCUT2D eigenvalue weighted by Gasteiger charge is -2.44. The number of hydrogen-bond acceptors (Lipinski definition) is 4. The van der Waals surface area contributed by atoms with Crippen molar-refractivity contribution in [3.05, 3.63) is 142 Å². The van der Waals surface area contributed by atoms with Crippen LogP contribution in [0.2, 0.25) is 0 Å². The number of aromatic nitrogens is 1. The molecule has 2 aliphatic heterocycles. The average Bonchev–Trinajstić information content (AvgIpc) is 3.52. The average molecular weight is 652 g/mol. The lowest BCUT2D eigenvalue weighted by atomic mass is 9.85. The van der Waals surface area contributed by atoms with Crippen LogP contribution in [0.25, 0.3) is 10.9 Å². The fourth-order valence-electron chi connectivity index (χ4n) is 7.06. The third-order valence-corrected chi connectivity index (χ3v) is 13.0. The normalized spacial score (nSPS) is 19.1. The van der Waals surface area contributed by atoms with Crippen LogP contribution in [0.1, 0.15) is 40.4 Å². The van der Waals surface area contributed by atoms with E-state index in [1.165, 1.54) is 8.61 Å². The molecular formula is C37H37N3O4S2. The molecule has 7 rings (SSSR count). The molecule has 46 heavy (non-hydrogen) atoms. The molecule has 0 saturated heterocycles. The van der Waals surface area contributed by atoms with E-state index in [0.717, 1.165) is 50.0 Å². The minimum atomic E-state index is -4.05. The summed E-state index contributed by atoms with van der Waals surface area (Å²) in [6.07, 6.45) is 1.99. The van der Waals surface area contributed by atoms with Crippen LogP contribution < -0.4 is 0 Å². The Morgan fingerprint density at radius 2 is 1.26 bits per heavy atom. The van der Waals surface area contributed by atoms with Gasteiger partial charge < -0.3 is 4.57 Å². The fraction of sp³-hybridized carbons (Fsp3) is 0.243. The van der Waals surface area contributed by atoms with Gasteiger partial charge in [-0.05, 0) is 69.2 Å². The first-order chi connectivity index (χ1) is 21.9. The van der Waals surface area contributed by atoms with Gasteiger partial charge in [0.15, 0.2) is 0 Å². The van der Waals surface area contributed by atoms with Crippen molar-refractivity contribution in [1.29, 1.82) is 0 Å². The summed E-state index contributed by atoms with van der Waals surface area (Å²) in [6, 6.07) is 30.0. The minimum Gasteiger partial charge on any atom is -0.338 e.